The molecule has 0 atom stereocenters. The van der Waals surface area contributed by atoms with Gasteiger partial charge in [-0.15, -0.1) is 5.92 Å². The second kappa shape index (κ2) is 5.14. The highest BCUT2D eigenvalue weighted by Gasteiger charge is 2.06. The molecule has 0 amide bonds. The fourth-order valence-electron chi connectivity index (χ4n) is 2.04. The lowest BCUT2D eigenvalue weighted by Gasteiger charge is -2.02. The quantitative estimate of drug-likeness (QED) is 0.667. The van der Waals surface area contributed by atoms with Gasteiger partial charge in [0, 0.05) is 23.7 Å². The molecule has 0 radical (unpaired) electrons. The van der Waals surface area contributed by atoms with E-state index in [1.807, 2.05) is 30.6 Å². The summed E-state index contributed by atoms with van der Waals surface area (Å²) in [7, 11) is 0. The Morgan fingerprint density at radius 2 is 2.10 bits per heavy atom. The van der Waals surface area contributed by atoms with Gasteiger partial charge in [0.05, 0.1) is 17.5 Å². The smallest absolute Gasteiger partial charge is 0.171 e. The van der Waals surface area contributed by atoms with Gasteiger partial charge in [-0.25, -0.2) is 9.50 Å². The summed E-state index contributed by atoms with van der Waals surface area (Å²) in [5.41, 5.74) is 4.58. The molecule has 98 valence electrons. The first-order chi connectivity index (χ1) is 9.81. The molecular formula is C16H14N4. The van der Waals surface area contributed by atoms with Gasteiger partial charge in [0.25, 0.3) is 0 Å². The molecule has 0 spiro atoms. The summed E-state index contributed by atoms with van der Waals surface area (Å²) in [5.74, 6) is 5.90. The highest BCUT2D eigenvalue weighted by molar-refractivity contribution is 5.64. The molecule has 0 N–H and O–H groups in total. The first-order valence-electron chi connectivity index (χ1n) is 6.54. The lowest BCUT2D eigenvalue weighted by atomic mass is 10.2. The zero-order valence-electron chi connectivity index (χ0n) is 11.5. The minimum Gasteiger partial charge on any atom is -0.261 e. The Morgan fingerprint density at radius 1 is 1.20 bits per heavy atom. The van der Waals surface area contributed by atoms with Crippen molar-refractivity contribution < 1.29 is 0 Å². The average Bonchev–Trinajstić information content (AvgIpc) is 2.90. The van der Waals surface area contributed by atoms with Crippen molar-refractivity contribution >= 4 is 5.65 Å². The van der Waals surface area contributed by atoms with Crippen LogP contribution in [0.1, 0.15) is 25.1 Å². The van der Waals surface area contributed by atoms with E-state index in [1.54, 1.807) is 17.6 Å². The summed E-state index contributed by atoms with van der Waals surface area (Å²) in [6.07, 6.45) is 6.43. The van der Waals surface area contributed by atoms with Crippen molar-refractivity contribution in [3.63, 3.8) is 0 Å². The molecule has 3 rings (SSSR count). The highest BCUT2D eigenvalue weighted by Crippen LogP contribution is 2.18. The Kier molecular flexibility index (Phi) is 3.18. The fourth-order valence-corrected chi connectivity index (χ4v) is 2.04. The Bertz CT molecular complexity index is 804. The zero-order valence-corrected chi connectivity index (χ0v) is 11.5. The summed E-state index contributed by atoms with van der Waals surface area (Å²) in [4.78, 5) is 9.05. The largest absolute Gasteiger partial charge is 0.261 e. The van der Waals surface area contributed by atoms with Crippen LogP contribution in [0.3, 0.4) is 0 Å². The van der Waals surface area contributed by atoms with Gasteiger partial charge in [-0.05, 0) is 31.5 Å². The molecular weight excluding hydrogens is 248 g/mol. The second-order valence-electron chi connectivity index (χ2n) is 4.41. The molecule has 0 aliphatic carbocycles. The van der Waals surface area contributed by atoms with Crippen LogP contribution < -0.4 is 0 Å². The molecule has 0 aliphatic heterocycles. The maximum absolute atomic E-state index is 4.64. The van der Waals surface area contributed by atoms with Crippen molar-refractivity contribution in [3.8, 4) is 23.1 Å². The number of aromatic nitrogens is 4. The van der Waals surface area contributed by atoms with E-state index in [0.29, 0.717) is 0 Å². The number of aryl methyl sites for hydroxylation is 1. The van der Waals surface area contributed by atoms with Gasteiger partial charge in [-0.3, -0.25) is 4.98 Å². The van der Waals surface area contributed by atoms with Gasteiger partial charge >= 0.3 is 0 Å². The van der Waals surface area contributed by atoms with Gasteiger partial charge in [-0.1, -0.05) is 12.8 Å². The van der Waals surface area contributed by atoms with E-state index in [4.69, 9.17) is 0 Å². The Hall–Kier alpha value is -2.67. The minimum atomic E-state index is 0.774. The Balaban J connectivity index is 2.10. The van der Waals surface area contributed by atoms with Crippen LogP contribution in [0.25, 0.3) is 16.9 Å². The zero-order chi connectivity index (χ0) is 13.9. The molecule has 0 unspecified atom stereocenters. The second-order valence-corrected chi connectivity index (χ2v) is 4.41. The molecule has 3 heterocycles. The predicted octanol–water partition coefficient (Wildman–Crippen LogP) is 2.73. The molecule has 0 saturated carbocycles. The van der Waals surface area contributed by atoms with E-state index in [-0.39, 0.29) is 0 Å². The first-order valence-corrected chi connectivity index (χ1v) is 6.54. The fraction of sp³-hybridized carbons (Fsp3) is 0.188. The van der Waals surface area contributed by atoms with Crippen LogP contribution >= 0.6 is 0 Å². The third-order valence-electron chi connectivity index (χ3n) is 3.11. The third kappa shape index (κ3) is 2.14. The average molecular weight is 262 g/mol. The lowest BCUT2D eigenvalue weighted by molar-refractivity contribution is 0.940. The van der Waals surface area contributed by atoms with Crippen LogP contribution in [0.4, 0.5) is 0 Å². The van der Waals surface area contributed by atoms with Crippen LogP contribution in [0.5, 0.6) is 0 Å². The van der Waals surface area contributed by atoms with E-state index in [2.05, 4.69) is 33.8 Å². The molecule has 0 aromatic carbocycles. The molecule has 0 fully saturated rings. The van der Waals surface area contributed by atoms with Crippen molar-refractivity contribution in [1.29, 1.82) is 0 Å². The van der Waals surface area contributed by atoms with Crippen LogP contribution in [0.15, 0.2) is 36.8 Å². The lowest BCUT2D eigenvalue weighted by Crippen LogP contribution is -1.94. The van der Waals surface area contributed by atoms with Gasteiger partial charge in [0.1, 0.15) is 0 Å². The highest BCUT2D eigenvalue weighted by atomic mass is 15.2. The van der Waals surface area contributed by atoms with Crippen molar-refractivity contribution in [2.45, 2.75) is 20.3 Å². The maximum atomic E-state index is 4.64. The van der Waals surface area contributed by atoms with Gasteiger partial charge in [0.15, 0.2) is 5.65 Å². The summed E-state index contributed by atoms with van der Waals surface area (Å²) in [5, 5.41) is 4.24. The summed E-state index contributed by atoms with van der Waals surface area (Å²) < 4.78 is 1.73. The van der Waals surface area contributed by atoms with E-state index in [1.165, 1.54) is 0 Å². The molecule has 4 nitrogen and oxygen atoms in total. The van der Waals surface area contributed by atoms with E-state index >= 15 is 0 Å². The number of nitrogens with zero attached hydrogens (tertiary/aromatic N) is 4. The van der Waals surface area contributed by atoms with E-state index in [9.17, 15) is 0 Å². The summed E-state index contributed by atoms with van der Waals surface area (Å²) >= 11 is 0. The van der Waals surface area contributed by atoms with Crippen molar-refractivity contribution in [1.82, 2.24) is 19.6 Å². The maximum Gasteiger partial charge on any atom is 0.171 e. The Morgan fingerprint density at radius 3 is 2.80 bits per heavy atom. The van der Waals surface area contributed by atoms with Crippen molar-refractivity contribution in [2.24, 2.45) is 0 Å². The molecule has 0 saturated heterocycles. The van der Waals surface area contributed by atoms with E-state index < -0.39 is 0 Å². The topological polar surface area (TPSA) is 43.1 Å². The normalized spacial score (nSPS) is 10.3. The van der Waals surface area contributed by atoms with Crippen LogP contribution in [-0.4, -0.2) is 19.6 Å². The molecule has 4 heteroatoms. The van der Waals surface area contributed by atoms with Crippen molar-refractivity contribution in [2.75, 3.05) is 0 Å². The number of hydrogen-bond acceptors (Lipinski definition) is 3. The minimum absolute atomic E-state index is 0.774. The van der Waals surface area contributed by atoms with Gasteiger partial charge in [-0.2, -0.15) is 5.10 Å². The summed E-state index contributed by atoms with van der Waals surface area (Å²) in [6, 6.07) is 6.02. The summed E-state index contributed by atoms with van der Waals surface area (Å²) in [6.45, 7) is 3.90. The molecule has 0 bridgehead atoms. The number of fused-ring (bicyclic) bond motifs is 1. The molecule has 0 aliphatic rings. The van der Waals surface area contributed by atoms with Gasteiger partial charge < -0.3 is 0 Å². The SMILES string of the molecule is CC#Cc1cnn2ccc(-c3ccc(CC)nc3)nc12. The standard InChI is InChI=1S/C16H14N4/c1-3-5-13-11-18-20-9-8-15(19-16(13)20)12-6-7-14(4-2)17-10-12/h6-11H,4H2,1-2H3. The Labute approximate surface area is 117 Å². The molecule has 3 aromatic heterocycles. The molecule has 20 heavy (non-hydrogen) atoms. The number of pyridine rings is 1. The van der Waals surface area contributed by atoms with Crippen LogP contribution in [0.2, 0.25) is 0 Å². The van der Waals surface area contributed by atoms with E-state index in [0.717, 1.165) is 34.6 Å². The van der Waals surface area contributed by atoms with Gasteiger partial charge in [0.2, 0.25) is 0 Å². The number of rotatable bonds is 2. The predicted molar refractivity (Wildman–Crippen MR) is 78.1 cm³/mol. The number of hydrogen-bond donors (Lipinski definition) is 0. The third-order valence-corrected chi connectivity index (χ3v) is 3.11. The molecule has 3 aromatic rings. The van der Waals surface area contributed by atoms with Crippen LogP contribution in [-0.2, 0) is 6.42 Å². The van der Waals surface area contributed by atoms with Crippen LogP contribution in [0, 0.1) is 11.8 Å². The monoisotopic (exact) mass is 262 g/mol. The van der Waals surface area contributed by atoms with Crippen molar-refractivity contribution in [3.05, 3.63) is 48.0 Å². The first kappa shape index (κ1) is 12.4.